The Kier molecular flexibility index (Phi) is 4.86. The summed E-state index contributed by atoms with van der Waals surface area (Å²) in [5, 5.41) is 23.0. The molecule has 1 aromatic carbocycles. The highest BCUT2D eigenvalue weighted by Crippen LogP contribution is 2.16. The van der Waals surface area contributed by atoms with E-state index in [0.29, 0.717) is 5.69 Å². The summed E-state index contributed by atoms with van der Waals surface area (Å²) in [5.74, 6) is -0.942. The Bertz CT molecular complexity index is 398. The second kappa shape index (κ2) is 6.17. The van der Waals surface area contributed by atoms with E-state index in [9.17, 15) is 14.3 Å². The maximum Gasteiger partial charge on any atom is 0.253 e. The summed E-state index contributed by atoms with van der Waals surface area (Å²) in [6.45, 7) is -0.310. The predicted molar refractivity (Wildman–Crippen MR) is 61.4 cm³/mol. The number of hydrogen-bond acceptors (Lipinski definition) is 4. The van der Waals surface area contributed by atoms with Crippen LogP contribution in [0.2, 0.25) is 0 Å². The molecule has 0 aliphatic rings. The second-order valence-electron chi connectivity index (χ2n) is 3.49. The van der Waals surface area contributed by atoms with E-state index in [1.807, 2.05) is 0 Å². The summed E-state index contributed by atoms with van der Waals surface area (Å²) in [5.41, 5.74) is 0.552. The van der Waals surface area contributed by atoms with Crippen LogP contribution < -0.4 is 10.6 Å². The van der Waals surface area contributed by atoms with Crippen molar-refractivity contribution in [3.63, 3.8) is 0 Å². The summed E-state index contributed by atoms with van der Waals surface area (Å²) < 4.78 is 13.0. The average molecular weight is 242 g/mol. The van der Waals surface area contributed by atoms with E-state index < -0.39 is 17.8 Å². The molecule has 0 radical (unpaired) electrons. The van der Waals surface area contributed by atoms with Crippen LogP contribution >= 0.6 is 0 Å². The first-order valence-electron chi connectivity index (χ1n) is 5.13. The Morgan fingerprint density at radius 3 is 2.82 bits per heavy atom. The van der Waals surface area contributed by atoms with Gasteiger partial charge in [0.15, 0.2) is 0 Å². The van der Waals surface area contributed by atoms with E-state index in [2.05, 4.69) is 10.6 Å². The molecule has 0 spiro atoms. The molecule has 0 aromatic heterocycles. The minimum atomic E-state index is -0.933. The van der Waals surface area contributed by atoms with Crippen molar-refractivity contribution in [3.8, 4) is 0 Å². The van der Waals surface area contributed by atoms with E-state index in [1.54, 1.807) is 0 Å². The molecule has 17 heavy (non-hydrogen) atoms. The van der Waals surface area contributed by atoms with Crippen molar-refractivity contribution in [1.82, 2.24) is 5.32 Å². The lowest BCUT2D eigenvalue weighted by Crippen LogP contribution is -2.25. The van der Waals surface area contributed by atoms with Crippen LogP contribution in [0.5, 0.6) is 0 Å². The highest BCUT2D eigenvalue weighted by atomic mass is 19.1. The van der Waals surface area contributed by atoms with Gasteiger partial charge in [-0.05, 0) is 18.2 Å². The van der Waals surface area contributed by atoms with Crippen LogP contribution in [0.25, 0.3) is 0 Å². The maximum atomic E-state index is 13.0. The van der Waals surface area contributed by atoms with E-state index >= 15 is 0 Å². The third-order valence-corrected chi connectivity index (χ3v) is 2.19. The van der Waals surface area contributed by atoms with Crippen LogP contribution in [0.1, 0.15) is 10.4 Å². The molecule has 1 unspecified atom stereocenters. The lowest BCUT2D eigenvalue weighted by molar-refractivity contribution is 0.0962. The molecule has 0 saturated carbocycles. The SMILES string of the molecule is CNC(=O)c1cc(F)ccc1NCC(O)CO. The number of nitrogens with one attached hydrogen (secondary N) is 2. The zero-order valence-electron chi connectivity index (χ0n) is 9.40. The minimum absolute atomic E-state index is 0.0755. The van der Waals surface area contributed by atoms with Crippen molar-refractivity contribution in [1.29, 1.82) is 0 Å². The Morgan fingerprint density at radius 2 is 2.24 bits per heavy atom. The number of anilines is 1. The molecule has 6 heteroatoms. The molecule has 1 aromatic rings. The van der Waals surface area contributed by atoms with Gasteiger partial charge in [-0.2, -0.15) is 0 Å². The Hall–Kier alpha value is -1.66. The highest BCUT2D eigenvalue weighted by molar-refractivity contribution is 5.99. The maximum absolute atomic E-state index is 13.0. The van der Waals surface area contributed by atoms with Crippen LogP contribution in [0.3, 0.4) is 0 Å². The fraction of sp³-hybridized carbons (Fsp3) is 0.364. The monoisotopic (exact) mass is 242 g/mol. The number of carbonyl (C=O) groups is 1. The van der Waals surface area contributed by atoms with E-state index in [4.69, 9.17) is 5.11 Å². The van der Waals surface area contributed by atoms with Gasteiger partial charge in [0, 0.05) is 19.3 Å². The number of aliphatic hydroxyl groups excluding tert-OH is 2. The van der Waals surface area contributed by atoms with Crippen LogP contribution in [0, 0.1) is 5.82 Å². The smallest absolute Gasteiger partial charge is 0.253 e. The molecule has 0 fully saturated rings. The predicted octanol–water partition coefficient (Wildman–Crippen LogP) is -0.0496. The minimum Gasteiger partial charge on any atom is -0.394 e. The summed E-state index contributed by atoms with van der Waals surface area (Å²) in [7, 11) is 1.44. The molecule has 0 aliphatic carbocycles. The molecule has 1 rings (SSSR count). The van der Waals surface area contributed by atoms with Crippen molar-refractivity contribution < 1.29 is 19.4 Å². The molecule has 1 atom stereocenters. The van der Waals surface area contributed by atoms with Gasteiger partial charge in [-0.3, -0.25) is 4.79 Å². The van der Waals surface area contributed by atoms with Gasteiger partial charge in [-0.15, -0.1) is 0 Å². The van der Waals surface area contributed by atoms with Crippen molar-refractivity contribution in [3.05, 3.63) is 29.6 Å². The number of halogens is 1. The summed E-state index contributed by atoms with van der Waals surface area (Å²) in [4.78, 5) is 11.5. The lowest BCUT2D eigenvalue weighted by Gasteiger charge is -2.13. The highest BCUT2D eigenvalue weighted by Gasteiger charge is 2.12. The molecule has 1 amide bonds. The first-order chi connectivity index (χ1) is 8.08. The molecule has 0 bridgehead atoms. The van der Waals surface area contributed by atoms with Gasteiger partial charge in [-0.1, -0.05) is 0 Å². The van der Waals surface area contributed by atoms with Crippen molar-refractivity contribution in [2.45, 2.75) is 6.10 Å². The van der Waals surface area contributed by atoms with Crippen LogP contribution in [-0.4, -0.2) is 42.4 Å². The molecule has 0 heterocycles. The van der Waals surface area contributed by atoms with Gasteiger partial charge in [0.1, 0.15) is 5.82 Å². The van der Waals surface area contributed by atoms with E-state index in [0.717, 1.165) is 6.07 Å². The summed E-state index contributed by atoms with van der Waals surface area (Å²) in [6.07, 6.45) is -0.933. The number of amides is 1. The molecule has 0 aliphatic heterocycles. The Balaban J connectivity index is 2.86. The molecular formula is C11H15FN2O3. The van der Waals surface area contributed by atoms with Gasteiger partial charge >= 0.3 is 0 Å². The number of benzene rings is 1. The summed E-state index contributed by atoms with van der Waals surface area (Å²) >= 11 is 0. The number of carbonyl (C=O) groups excluding carboxylic acids is 1. The zero-order chi connectivity index (χ0) is 12.8. The van der Waals surface area contributed by atoms with Crippen molar-refractivity contribution >= 4 is 11.6 Å². The first-order valence-corrected chi connectivity index (χ1v) is 5.13. The molecular weight excluding hydrogens is 227 g/mol. The van der Waals surface area contributed by atoms with Gasteiger partial charge in [-0.25, -0.2) is 4.39 Å². The molecule has 94 valence electrons. The van der Waals surface area contributed by atoms with Gasteiger partial charge < -0.3 is 20.8 Å². The van der Waals surface area contributed by atoms with E-state index in [1.165, 1.54) is 19.2 Å². The van der Waals surface area contributed by atoms with Crippen molar-refractivity contribution in [2.75, 3.05) is 25.5 Å². The van der Waals surface area contributed by atoms with Gasteiger partial charge in [0.2, 0.25) is 0 Å². The van der Waals surface area contributed by atoms with Gasteiger partial charge in [0.05, 0.1) is 18.3 Å². The average Bonchev–Trinajstić information content (AvgIpc) is 2.35. The molecule has 5 nitrogen and oxygen atoms in total. The third-order valence-electron chi connectivity index (χ3n) is 2.19. The second-order valence-corrected chi connectivity index (χ2v) is 3.49. The third kappa shape index (κ3) is 3.69. The number of rotatable bonds is 5. The van der Waals surface area contributed by atoms with Crippen LogP contribution in [0.4, 0.5) is 10.1 Å². The quantitative estimate of drug-likeness (QED) is 0.583. The fourth-order valence-corrected chi connectivity index (χ4v) is 1.29. The van der Waals surface area contributed by atoms with E-state index in [-0.39, 0.29) is 18.7 Å². The van der Waals surface area contributed by atoms with Gasteiger partial charge in [0.25, 0.3) is 5.91 Å². The lowest BCUT2D eigenvalue weighted by atomic mass is 10.1. The Morgan fingerprint density at radius 1 is 1.53 bits per heavy atom. The van der Waals surface area contributed by atoms with Crippen LogP contribution in [-0.2, 0) is 0 Å². The Labute approximate surface area is 98.3 Å². The molecule has 4 N–H and O–H groups in total. The number of hydrogen-bond donors (Lipinski definition) is 4. The van der Waals surface area contributed by atoms with Crippen molar-refractivity contribution in [2.24, 2.45) is 0 Å². The largest absolute Gasteiger partial charge is 0.394 e. The summed E-state index contributed by atoms with van der Waals surface area (Å²) in [6, 6.07) is 3.72. The normalized spacial score (nSPS) is 12.0. The standard InChI is InChI=1S/C11H15FN2O3/c1-13-11(17)9-4-7(12)2-3-10(9)14-5-8(16)6-15/h2-4,8,14-16H,5-6H2,1H3,(H,13,17). The molecule has 0 saturated heterocycles. The topological polar surface area (TPSA) is 81.6 Å². The fourth-order valence-electron chi connectivity index (χ4n) is 1.29. The zero-order valence-corrected chi connectivity index (χ0v) is 9.40. The van der Waals surface area contributed by atoms with Crippen LogP contribution in [0.15, 0.2) is 18.2 Å². The first kappa shape index (κ1) is 13.4. The number of aliphatic hydroxyl groups is 2.